The Morgan fingerprint density at radius 1 is 1.10 bits per heavy atom. The van der Waals surface area contributed by atoms with Crippen LogP contribution in [0.5, 0.6) is 0 Å². The number of halogens is 1. The fraction of sp³-hybridized carbons (Fsp3) is 0.478. The lowest BCUT2D eigenvalue weighted by Gasteiger charge is -2.33. The number of rotatable bonds is 5. The lowest BCUT2D eigenvalue weighted by Crippen LogP contribution is -2.41. The molecule has 4 rings (SSSR count). The van der Waals surface area contributed by atoms with Crippen molar-refractivity contribution < 1.29 is 13.9 Å². The minimum atomic E-state index is -0.234. The van der Waals surface area contributed by atoms with Crippen LogP contribution >= 0.6 is 0 Å². The molecule has 0 aliphatic carbocycles. The molecule has 2 saturated heterocycles. The quantitative estimate of drug-likeness (QED) is 0.839. The number of nitrogens with zero attached hydrogens (tertiary/aromatic N) is 2. The topological polar surface area (TPSA) is 54.5 Å². The van der Waals surface area contributed by atoms with Gasteiger partial charge in [0, 0.05) is 30.8 Å². The molecular formula is C23H28FN3O2. The van der Waals surface area contributed by atoms with Crippen molar-refractivity contribution in [2.45, 2.75) is 44.3 Å². The van der Waals surface area contributed by atoms with E-state index in [0.29, 0.717) is 24.6 Å². The minimum absolute atomic E-state index is 0.0523. The van der Waals surface area contributed by atoms with Gasteiger partial charge in [0.2, 0.25) is 0 Å². The van der Waals surface area contributed by atoms with Gasteiger partial charge in [-0.05, 0) is 57.0 Å². The monoisotopic (exact) mass is 397 g/mol. The summed E-state index contributed by atoms with van der Waals surface area (Å²) in [6.07, 6.45) is 5.41. The number of amides is 1. The van der Waals surface area contributed by atoms with E-state index in [-0.39, 0.29) is 24.4 Å². The number of ether oxygens (including phenoxy) is 1. The number of piperidine rings is 2. The average molecular weight is 397 g/mol. The third-order valence-electron chi connectivity index (χ3n) is 5.96. The molecule has 1 N–H and O–H groups in total. The summed E-state index contributed by atoms with van der Waals surface area (Å²) in [5, 5.41) is 3.37. The van der Waals surface area contributed by atoms with E-state index >= 15 is 0 Å². The lowest BCUT2D eigenvalue weighted by atomic mass is 9.90. The number of benzene rings is 1. The number of hydrogen-bond acceptors (Lipinski definition) is 4. The summed E-state index contributed by atoms with van der Waals surface area (Å²) in [6, 6.07) is 10.5. The van der Waals surface area contributed by atoms with E-state index in [1.807, 2.05) is 23.1 Å². The maximum atomic E-state index is 13.7. The van der Waals surface area contributed by atoms with Crippen LogP contribution in [0.2, 0.25) is 0 Å². The van der Waals surface area contributed by atoms with E-state index in [1.165, 1.54) is 6.07 Å². The number of nitrogens with one attached hydrogen (secondary N) is 1. The molecule has 6 heteroatoms. The summed E-state index contributed by atoms with van der Waals surface area (Å²) in [5.74, 6) is 0.180. The highest BCUT2D eigenvalue weighted by Gasteiger charge is 2.28. The molecule has 0 spiro atoms. The molecule has 0 atom stereocenters. The van der Waals surface area contributed by atoms with Gasteiger partial charge in [0.25, 0.3) is 5.91 Å². The first kappa shape index (κ1) is 20.0. The number of carbonyl (C=O) groups is 1. The zero-order valence-corrected chi connectivity index (χ0v) is 16.6. The van der Waals surface area contributed by atoms with Crippen molar-refractivity contribution in [3.63, 3.8) is 0 Å². The zero-order valence-electron chi connectivity index (χ0n) is 16.6. The highest BCUT2D eigenvalue weighted by atomic mass is 19.1. The van der Waals surface area contributed by atoms with Gasteiger partial charge in [0.1, 0.15) is 5.82 Å². The molecule has 2 fully saturated rings. The van der Waals surface area contributed by atoms with Crippen LogP contribution in [0.3, 0.4) is 0 Å². The molecule has 0 saturated carbocycles. The second-order valence-electron chi connectivity index (χ2n) is 7.85. The van der Waals surface area contributed by atoms with Crippen molar-refractivity contribution in [3.8, 4) is 0 Å². The van der Waals surface area contributed by atoms with Crippen LogP contribution in [0, 0.1) is 5.82 Å². The molecule has 154 valence electrons. The van der Waals surface area contributed by atoms with Crippen LogP contribution in [0.15, 0.2) is 42.6 Å². The van der Waals surface area contributed by atoms with Crippen LogP contribution in [0.1, 0.15) is 53.2 Å². The molecule has 0 unspecified atom stereocenters. The molecule has 1 amide bonds. The molecule has 29 heavy (non-hydrogen) atoms. The van der Waals surface area contributed by atoms with E-state index in [0.717, 1.165) is 50.0 Å². The normalized spacial score (nSPS) is 18.7. The number of likely N-dealkylation sites (tertiary alicyclic amines) is 1. The molecular weight excluding hydrogens is 369 g/mol. The lowest BCUT2D eigenvalue weighted by molar-refractivity contribution is -0.00136. The summed E-state index contributed by atoms with van der Waals surface area (Å²) in [4.78, 5) is 19.7. The highest BCUT2D eigenvalue weighted by molar-refractivity contribution is 5.95. The highest BCUT2D eigenvalue weighted by Crippen LogP contribution is 2.28. The SMILES string of the molecule is O=C(c1cccnc1C1CCNCC1)N1CCC(OCc2ccccc2F)CC1. The second kappa shape index (κ2) is 9.46. The van der Waals surface area contributed by atoms with E-state index < -0.39 is 0 Å². The van der Waals surface area contributed by atoms with Crippen molar-refractivity contribution in [1.82, 2.24) is 15.2 Å². The Bertz CT molecular complexity index is 830. The summed E-state index contributed by atoms with van der Waals surface area (Å²) in [6.45, 7) is 3.52. The van der Waals surface area contributed by atoms with Gasteiger partial charge >= 0.3 is 0 Å². The van der Waals surface area contributed by atoms with Crippen LogP contribution in [0.25, 0.3) is 0 Å². The molecule has 0 bridgehead atoms. The first-order valence-electron chi connectivity index (χ1n) is 10.5. The molecule has 5 nitrogen and oxygen atoms in total. The summed E-state index contributed by atoms with van der Waals surface area (Å²) >= 11 is 0. The standard InChI is InChI=1S/C23H28FN3O2/c24-21-6-2-1-4-18(21)16-29-19-9-14-27(15-10-19)23(28)20-5-3-11-26-22(20)17-7-12-25-13-8-17/h1-6,11,17,19,25H,7-10,12-16H2. The summed E-state index contributed by atoms with van der Waals surface area (Å²) in [5.41, 5.74) is 2.26. The van der Waals surface area contributed by atoms with Crippen LogP contribution in [-0.4, -0.2) is 48.1 Å². The van der Waals surface area contributed by atoms with E-state index in [4.69, 9.17) is 4.74 Å². The molecule has 3 heterocycles. The summed E-state index contributed by atoms with van der Waals surface area (Å²) < 4.78 is 19.7. The zero-order chi connectivity index (χ0) is 20.1. The predicted octanol–water partition coefficient (Wildman–Crippen LogP) is 3.51. The van der Waals surface area contributed by atoms with Gasteiger partial charge in [-0.25, -0.2) is 4.39 Å². The van der Waals surface area contributed by atoms with E-state index in [9.17, 15) is 9.18 Å². The average Bonchev–Trinajstić information content (AvgIpc) is 2.79. The van der Waals surface area contributed by atoms with Gasteiger partial charge in [-0.1, -0.05) is 18.2 Å². The fourth-order valence-electron chi connectivity index (χ4n) is 4.24. The van der Waals surface area contributed by atoms with Gasteiger partial charge in [-0.2, -0.15) is 0 Å². The van der Waals surface area contributed by atoms with Gasteiger partial charge in [0.05, 0.1) is 24.0 Å². The largest absolute Gasteiger partial charge is 0.373 e. The fourth-order valence-corrected chi connectivity index (χ4v) is 4.24. The Kier molecular flexibility index (Phi) is 6.52. The maximum absolute atomic E-state index is 13.7. The first-order chi connectivity index (χ1) is 14.2. The number of carbonyl (C=O) groups excluding carboxylic acids is 1. The van der Waals surface area contributed by atoms with Crippen molar-refractivity contribution in [3.05, 3.63) is 65.2 Å². The predicted molar refractivity (Wildman–Crippen MR) is 109 cm³/mol. The van der Waals surface area contributed by atoms with Gasteiger partial charge in [-0.15, -0.1) is 0 Å². The third kappa shape index (κ3) is 4.82. The molecule has 2 aromatic rings. The van der Waals surface area contributed by atoms with Crippen LogP contribution in [-0.2, 0) is 11.3 Å². The smallest absolute Gasteiger partial charge is 0.255 e. The van der Waals surface area contributed by atoms with Crippen molar-refractivity contribution in [2.75, 3.05) is 26.2 Å². The number of hydrogen-bond donors (Lipinski definition) is 1. The minimum Gasteiger partial charge on any atom is -0.373 e. The van der Waals surface area contributed by atoms with Crippen molar-refractivity contribution in [2.24, 2.45) is 0 Å². The Morgan fingerprint density at radius 3 is 2.62 bits per heavy atom. The molecule has 2 aliphatic rings. The Labute approximate surface area is 171 Å². The second-order valence-corrected chi connectivity index (χ2v) is 7.85. The Morgan fingerprint density at radius 2 is 1.86 bits per heavy atom. The van der Waals surface area contributed by atoms with Crippen LogP contribution < -0.4 is 5.32 Å². The Hall–Kier alpha value is -2.31. The molecule has 1 aromatic carbocycles. The summed E-state index contributed by atoms with van der Waals surface area (Å²) in [7, 11) is 0. The van der Waals surface area contributed by atoms with Crippen molar-refractivity contribution in [1.29, 1.82) is 0 Å². The van der Waals surface area contributed by atoms with Gasteiger partial charge in [-0.3, -0.25) is 9.78 Å². The van der Waals surface area contributed by atoms with Gasteiger partial charge < -0.3 is 15.0 Å². The Balaban J connectivity index is 1.34. The molecule has 1 aromatic heterocycles. The van der Waals surface area contributed by atoms with E-state index in [1.54, 1.807) is 18.3 Å². The maximum Gasteiger partial charge on any atom is 0.255 e. The van der Waals surface area contributed by atoms with Crippen LogP contribution in [0.4, 0.5) is 4.39 Å². The molecule has 2 aliphatic heterocycles. The number of aromatic nitrogens is 1. The van der Waals surface area contributed by atoms with Crippen molar-refractivity contribution >= 4 is 5.91 Å². The van der Waals surface area contributed by atoms with Gasteiger partial charge in [0.15, 0.2) is 0 Å². The number of pyridine rings is 1. The third-order valence-corrected chi connectivity index (χ3v) is 5.96. The van der Waals surface area contributed by atoms with E-state index in [2.05, 4.69) is 10.3 Å². The first-order valence-corrected chi connectivity index (χ1v) is 10.5. The molecule has 0 radical (unpaired) electrons.